The van der Waals surface area contributed by atoms with Crippen LogP contribution in [0, 0.1) is 18.2 Å². The number of primary amides is 1. The van der Waals surface area contributed by atoms with Crippen LogP contribution in [0.5, 0.6) is 11.8 Å². The van der Waals surface area contributed by atoms with Gasteiger partial charge in [0, 0.05) is 23.6 Å². The number of H-pyrrole nitrogens is 1. The second-order valence-electron chi connectivity index (χ2n) is 7.75. The molecule has 1 aliphatic rings. The van der Waals surface area contributed by atoms with Gasteiger partial charge in [-0.3, -0.25) is 19.6 Å². The van der Waals surface area contributed by atoms with Crippen LogP contribution in [0.4, 0.5) is 15.8 Å². The second kappa shape index (κ2) is 7.62. The number of rotatable bonds is 6. The van der Waals surface area contributed by atoms with Crippen molar-refractivity contribution in [2.45, 2.75) is 19.8 Å². The van der Waals surface area contributed by atoms with Crippen LogP contribution in [0.25, 0.3) is 11.0 Å². The van der Waals surface area contributed by atoms with Crippen molar-refractivity contribution in [1.82, 2.24) is 25.1 Å². The van der Waals surface area contributed by atoms with Gasteiger partial charge < -0.3 is 10.5 Å². The Balaban J connectivity index is 1.49. The van der Waals surface area contributed by atoms with Crippen LogP contribution in [-0.2, 0) is 9.59 Å². The van der Waals surface area contributed by atoms with Crippen LogP contribution in [0.3, 0.4) is 0 Å². The summed E-state index contributed by atoms with van der Waals surface area (Å²) in [6, 6.07) is 7.02. The number of aromatic amines is 1. The highest BCUT2D eigenvalue weighted by molar-refractivity contribution is 6.16. The first kappa shape index (κ1) is 20.5. The molecular weight excluding hydrogens is 429 g/mol. The van der Waals surface area contributed by atoms with Crippen molar-refractivity contribution < 1.29 is 18.7 Å². The Morgan fingerprint density at radius 2 is 1.79 bits per heavy atom. The number of aromatic nitrogens is 5. The van der Waals surface area contributed by atoms with Gasteiger partial charge in [0.2, 0.25) is 11.8 Å². The van der Waals surface area contributed by atoms with Gasteiger partial charge in [-0.05, 0) is 44.0 Å². The molecule has 3 heterocycles. The average molecular weight is 447 g/mol. The van der Waals surface area contributed by atoms with Crippen LogP contribution in [0.15, 0.2) is 48.9 Å². The lowest BCUT2D eigenvalue weighted by Crippen LogP contribution is -2.41. The van der Waals surface area contributed by atoms with Gasteiger partial charge in [-0.1, -0.05) is 0 Å². The molecule has 3 N–H and O–H groups in total. The number of ether oxygens (including phenoxy) is 1. The Morgan fingerprint density at radius 3 is 2.42 bits per heavy atom. The van der Waals surface area contributed by atoms with E-state index >= 15 is 0 Å². The maximum absolute atomic E-state index is 13.5. The maximum Gasteiger partial charge on any atom is 0.322 e. The summed E-state index contributed by atoms with van der Waals surface area (Å²) in [6.45, 7) is 1.84. The molecule has 0 atom stereocenters. The van der Waals surface area contributed by atoms with E-state index in [9.17, 15) is 14.0 Å². The number of amides is 2. The highest BCUT2D eigenvalue weighted by atomic mass is 19.1. The summed E-state index contributed by atoms with van der Waals surface area (Å²) in [5, 5.41) is 7.64. The molecule has 11 heteroatoms. The number of hydrogen-bond donors (Lipinski definition) is 2. The van der Waals surface area contributed by atoms with Gasteiger partial charge in [-0.25, -0.2) is 19.3 Å². The molecule has 0 saturated heterocycles. The molecule has 1 saturated carbocycles. The van der Waals surface area contributed by atoms with Crippen molar-refractivity contribution >= 4 is 34.2 Å². The number of hydrogen-bond acceptors (Lipinski definition) is 7. The van der Waals surface area contributed by atoms with Gasteiger partial charge in [0.25, 0.3) is 0 Å². The Kier molecular flexibility index (Phi) is 4.73. The summed E-state index contributed by atoms with van der Waals surface area (Å²) >= 11 is 0. The predicted octanol–water partition coefficient (Wildman–Crippen LogP) is 2.92. The maximum atomic E-state index is 13.5. The topological polar surface area (TPSA) is 140 Å². The van der Waals surface area contributed by atoms with E-state index in [1.807, 2.05) is 6.92 Å². The zero-order valence-corrected chi connectivity index (χ0v) is 17.4. The number of halogens is 1. The summed E-state index contributed by atoms with van der Waals surface area (Å²) in [4.78, 5) is 39.2. The van der Waals surface area contributed by atoms with Gasteiger partial charge in [0.1, 0.15) is 17.0 Å². The van der Waals surface area contributed by atoms with E-state index in [-0.39, 0.29) is 11.7 Å². The van der Waals surface area contributed by atoms with Crippen molar-refractivity contribution in [2.75, 3.05) is 4.90 Å². The minimum Gasteiger partial charge on any atom is -0.423 e. The van der Waals surface area contributed by atoms with E-state index in [1.54, 1.807) is 12.3 Å². The second-order valence-corrected chi connectivity index (χ2v) is 7.75. The monoisotopic (exact) mass is 447 g/mol. The summed E-state index contributed by atoms with van der Waals surface area (Å²) < 4.78 is 19.3. The molecule has 4 aromatic rings. The Bertz CT molecular complexity index is 1370. The standard InChI is InChI=1S/C22H18FN7O3/c1-12-17-16(6-9-25-18(17)29-28-12)33-21-26-10-15(11-27-21)30(14-4-2-13(23)3-5-14)20(32)22(7-8-22)19(24)31/h2-6,9-11H,7-8H2,1H3,(H2,24,31)(H,25,28,29). The minimum atomic E-state index is -1.29. The number of anilines is 2. The Labute approximate surface area is 186 Å². The van der Waals surface area contributed by atoms with Gasteiger partial charge in [-0.15, -0.1) is 0 Å². The lowest BCUT2D eigenvalue weighted by molar-refractivity contribution is -0.133. The van der Waals surface area contributed by atoms with Crippen LogP contribution >= 0.6 is 0 Å². The molecule has 166 valence electrons. The Morgan fingerprint density at radius 1 is 1.09 bits per heavy atom. The fraction of sp³-hybridized carbons (Fsp3) is 0.182. The fourth-order valence-electron chi connectivity index (χ4n) is 3.60. The first-order valence-corrected chi connectivity index (χ1v) is 10.1. The molecule has 2 amide bonds. The van der Waals surface area contributed by atoms with Gasteiger partial charge in [-0.2, -0.15) is 5.10 Å². The van der Waals surface area contributed by atoms with Crippen molar-refractivity contribution in [2.24, 2.45) is 11.1 Å². The molecule has 0 unspecified atom stereocenters. The average Bonchev–Trinajstić information content (AvgIpc) is 3.55. The summed E-state index contributed by atoms with van der Waals surface area (Å²) in [7, 11) is 0. The molecule has 10 nitrogen and oxygen atoms in total. The molecule has 1 fully saturated rings. The number of aryl methyl sites for hydroxylation is 1. The lowest BCUT2D eigenvalue weighted by Gasteiger charge is -2.25. The zero-order valence-electron chi connectivity index (χ0n) is 17.4. The van der Waals surface area contributed by atoms with Crippen LogP contribution in [0.1, 0.15) is 18.5 Å². The van der Waals surface area contributed by atoms with Crippen LogP contribution in [-0.4, -0.2) is 37.0 Å². The lowest BCUT2D eigenvalue weighted by atomic mass is 10.0. The summed E-state index contributed by atoms with van der Waals surface area (Å²) in [6.07, 6.45) is 5.04. The number of fused-ring (bicyclic) bond motifs is 1. The molecule has 33 heavy (non-hydrogen) atoms. The third kappa shape index (κ3) is 3.53. The first-order valence-electron chi connectivity index (χ1n) is 10.1. The molecule has 5 rings (SSSR count). The molecule has 1 aromatic carbocycles. The number of nitrogens with two attached hydrogens (primary N) is 1. The summed E-state index contributed by atoms with van der Waals surface area (Å²) in [5.74, 6) is -1.20. The molecule has 0 aliphatic heterocycles. The SMILES string of the molecule is Cc1[nH]nc2nccc(Oc3ncc(N(C(=O)C4(C(N)=O)CC4)c4ccc(F)cc4)cn3)c12. The fourth-order valence-corrected chi connectivity index (χ4v) is 3.60. The smallest absolute Gasteiger partial charge is 0.322 e. The van der Waals surface area contributed by atoms with Gasteiger partial charge in [0.15, 0.2) is 5.65 Å². The summed E-state index contributed by atoms with van der Waals surface area (Å²) in [5.41, 5.74) is 6.13. The molecule has 0 radical (unpaired) electrons. The van der Waals surface area contributed by atoms with Crippen LogP contribution in [0.2, 0.25) is 0 Å². The van der Waals surface area contributed by atoms with Crippen molar-refractivity contribution in [3.05, 3.63) is 60.4 Å². The number of pyridine rings is 1. The van der Waals surface area contributed by atoms with Gasteiger partial charge >= 0.3 is 6.01 Å². The van der Waals surface area contributed by atoms with Crippen LogP contribution < -0.4 is 15.4 Å². The molecule has 1 aliphatic carbocycles. The molecule has 0 spiro atoms. The van der Waals surface area contributed by atoms with Crippen molar-refractivity contribution in [3.63, 3.8) is 0 Å². The predicted molar refractivity (Wildman–Crippen MR) is 115 cm³/mol. The van der Waals surface area contributed by atoms with E-state index in [4.69, 9.17) is 10.5 Å². The van der Waals surface area contributed by atoms with E-state index in [1.165, 1.54) is 41.6 Å². The van der Waals surface area contributed by atoms with E-state index < -0.39 is 23.0 Å². The highest BCUT2D eigenvalue weighted by Gasteiger charge is 2.57. The Hall–Kier alpha value is -4.41. The molecular formula is C22H18FN7O3. The largest absolute Gasteiger partial charge is 0.423 e. The minimum absolute atomic E-state index is 0.0365. The number of carbonyl (C=O) groups is 2. The van der Waals surface area contributed by atoms with Gasteiger partial charge in [0.05, 0.1) is 23.5 Å². The molecule has 0 bridgehead atoms. The number of carbonyl (C=O) groups excluding carboxylic acids is 2. The normalized spacial score (nSPS) is 14.1. The molecule has 3 aromatic heterocycles. The zero-order chi connectivity index (χ0) is 23.2. The van der Waals surface area contributed by atoms with Crippen molar-refractivity contribution in [1.29, 1.82) is 0 Å². The number of benzene rings is 1. The quantitative estimate of drug-likeness (QED) is 0.433. The van der Waals surface area contributed by atoms with E-state index in [2.05, 4.69) is 25.1 Å². The number of nitrogens with zero attached hydrogens (tertiary/aromatic N) is 5. The number of nitrogens with one attached hydrogen (secondary N) is 1. The first-order chi connectivity index (χ1) is 15.9. The third-order valence-corrected chi connectivity index (χ3v) is 5.59. The van der Waals surface area contributed by atoms with Crippen molar-refractivity contribution in [3.8, 4) is 11.8 Å². The van der Waals surface area contributed by atoms with E-state index in [0.717, 1.165) is 5.69 Å². The van der Waals surface area contributed by atoms with E-state index in [0.29, 0.717) is 35.3 Å². The third-order valence-electron chi connectivity index (χ3n) is 5.59. The highest BCUT2D eigenvalue weighted by Crippen LogP contribution is 2.49.